The van der Waals surface area contributed by atoms with Gasteiger partial charge in [-0.15, -0.1) is 0 Å². The first kappa shape index (κ1) is 32.1. The molecule has 0 radical (unpaired) electrons. The highest BCUT2D eigenvalue weighted by Gasteiger charge is 2.19. The summed E-state index contributed by atoms with van der Waals surface area (Å²) in [7, 11) is 0. The van der Waals surface area contributed by atoms with Gasteiger partial charge in [-0.3, -0.25) is 9.59 Å². The number of aliphatic carboxylic acids is 1. The van der Waals surface area contributed by atoms with E-state index in [4.69, 9.17) is 38.5 Å². The van der Waals surface area contributed by atoms with E-state index in [9.17, 15) is 19.5 Å². The van der Waals surface area contributed by atoms with Crippen molar-refractivity contribution in [2.45, 2.75) is 25.9 Å². The Morgan fingerprint density at radius 3 is 2.48 bits per heavy atom. The lowest BCUT2D eigenvalue weighted by Gasteiger charge is -2.18. The lowest BCUT2D eigenvalue weighted by atomic mass is 10.2. The summed E-state index contributed by atoms with van der Waals surface area (Å²) in [5, 5.41) is 31.6. The molecule has 0 aliphatic heterocycles. The molecule has 0 fully saturated rings. The van der Waals surface area contributed by atoms with E-state index in [1.54, 1.807) is 55.5 Å². The molecule has 4 rings (SSSR count). The second-order valence-electron chi connectivity index (χ2n) is 9.49. The maximum absolute atomic E-state index is 12.0. The van der Waals surface area contributed by atoms with E-state index in [0.29, 0.717) is 50.1 Å². The Morgan fingerprint density at radius 1 is 0.977 bits per heavy atom. The molecule has 1 atom stereocenters. The number of hydrogen-bond donors (Lipinski definition) is 7. The fourth-order valence-electron chi connectivity index (χ4n) is 4.09. The minimum absolute atomic E-state index is 0.0422. The van der Waals surface area contributed by atoms with Crippen molar-refractivity contribution in [1.29, 1.82) is 0 Å². The molecule has 2 heterocycles. The molecule has 230 valence electrons. The van der Waals surface area contributed by atoms with Crippen molar-refractivity contribution >= 4 is 64.1 Å². The normalized spacial score (nSPS) is 11.5. The Hall–Kier alpha value is -4.85. The predicted octanol–water partition coefficient (Wildman–Crippen LogP) is 4.74. The molecule has 2 aromatic carbocycles. The van der Waals surface area contributed by atoms with Crippen LogP contribution in [-0.2, 0) is 16.1 Å². The van der Waals surface area contributed by atoms with E-state index in [1.807, 2.05) is 0 Å². The first-order valence-corrected chi connectivity index (χ1v) is 14.0. The number of carboxylic acids is 2. The predicted molar refractivity (Wildman–Crippen MR) is 167 cm³/mol. The molecular formula is C29H29Cl2N7O6. The van der Waals surface area contributed by atoms with E-state index in [-0.39, 0.29) is 37.4 Å². The number of aryl methyl sites for hydroxylation is 1. The van der Waals surface area contributed by atoms with Gasteiger partial charge in [0.15, 0.2) is 11.6 Å². The van der Waals surface area contributed by atoms with Crippen molar-refractivity contribution in [3.8, 4) is 11.3 Å². The Morgan fingerprint density at radius 2 is 1.73 bits per heavy atom. The fraction of sp³-hybridized carbons (Fsp3) is 0.207. The number of hydrogen-bond acceptors (Lipinski definition) is 10. The number of para-hydroxylation sites is 1. The molecule has 0 spiro atoms. The van der Waals surface area contributed by atoms with Crippen LogP contribution in [0.3, 0.4) is 0 Å². The molecule has 2 aromatic heterocycles. The monoisotopic (exact) mass is 641 g/mol. The molecular weight excluding hydrogens is 613 g/mol. The highest BCUT2D eigenvalue weighted by atomic mass is 35.5. The third-order valence-corrected chi connectivity index (χ3v) is 6.75. The van der Waals surface area contributed by atoms with Gasteiger partial charge in [-0.05, 0) is 49.4 Å². The molecule has 1 unspecified atom stereocenters. The summed E-state index contributed by atoms with van der Waals surface area (Å²) in [6.07, 6.45) is -0.364. The van der Waals surface area contributed by atoms with Crippen molar-refractivity contribution in [2.24, 2.45) is 5.73 Å². The van der Waals surface area contributed by atoms with Crippen molar-refractivity contribution < 1.29 is 29.0 Å². The summed E-state index contributed by atoms with van der Waals surface area (Å²) in [5.41, 5.74) is 6.80. The number of carboxylic acid groups (broad SMARTS) is 2. The molecule has 0 aliphatic rings. The van der Waals surface area contributed by atoms with Crippen LogP contribution < -0.4 is 27.0 Å². The van der Waals surface area contributed by atoms with Crippen LogP contribution in [0, 0.1) is 6.92 Å². The summed E-state index contributed by atoms with van der Waals surface area (Å²) in [5.74, 6) is -0.826. The summed E-state index contributed by atoms with van der Waals surface area (Å²) in [6.45, 7) is 2.20. The third-order valence-electron chi connectivity index (χ3n) is 6.19. The van der Waals surface area contributed by atoms with Crippen molar-refractivity contribution in [1.82, 2.24) is 15.3 Å². The molecule has 13 nitrogen and oxygen atoms in total. The number of anilines is 4. The van der Waals surface area contributed by atoms with Gasteiger partial charge in [-0.25, -0.2) is 14.8 Å². The van der Waals surface area contributed by atoms with E-state index in [1.165, 1.54) is 6.07 Å². The van der Waals surface area contributed by atoms with Crippen molar-refractivity contribution in [2.75, 3.05) is 29.0 Å². The Bertz CT molecular complexity index is 1680. The van der Waals surface area contributed by atoms with Crippen molar-refractivity contribution in [3.63, 3.8) is 0 Å². The zero-order chi connectivity index (χ0) is 31.8. The van der Waals surface area contributed by atoms with E-state index in [0.717, 1.165) is 0 Å². The minimum Gasteiger partial charge on any atom is -0.480 e. The van der Waals surface area contributed by atoms with Crippen LogP contribution in [0.5, 0.6) is 0 Å². The first-order chi connectivity index (χ1) is 21.0. The largest absolute Gasteiger partial charge is 0.480 e. The van der Waals surface area contributed by atoms with Crippen molar-refractivity contribution in [3.05, 3.63) is 81.8 Å². The van der Waals surface area contributed by atoms with E-state index >= 15 is 0 Å². The molecule has 15 heteroatoms. The van der Waals surface area contributed by atoms with Crippen LogP contribution in [0.15, 0.2) is 59.0 Å². The number of amides is 1. The molecule has 0 saturated carbocycles. The van der Waals surface area contributed by atoms with Gasteiger partial charge in [0.2, 0.25) is 5.91 Å². The van der Waals surface area contributed by atoms with Crippen LogP contribution in [0.25, 0.3) is 11.3 Å². The first-order valence-electron chi connectivity index (χ1n) is 13.3. The van der Waals surface area contributed by atoms with Crippen LogP contribution in [0.1, 0.15) is 28.4 Å². The number of carbonyl (C=O) groups excluding carboxylic acids is 1. The van der Waals surface area contributed by atoms with Crippen LogP contribution >= 0.6 is 23.2 Å². The van der Waals surface area contributed by atoms with Gasteiger partial charge in [-0.2, -0.15) is 0 Å². The lowest BCUT2D eigenvalue weighted by Crippen LogP contribution is -2.38. The quantitative estimate of drug-likeness (QED) is 0.0933. The van der Waals surface area contributed by atoms with Gasteiger partial charge >= 0.3 is 11.9 Å². The molecule has 8 N–H and O–H groups in total. The number of benzene rings is 2. The number of nitrogens with zero attached hydrogens (tertiary/aromatic N) is 2. The number of aromatic nitrogens is 2. The number of carbonyl (C=O) groups is 3. The topological polar surface area (TPSA) is 205 Å². The van der Waals surface area contributed by atoms with Crippen LogP contribution in [0.2, 0.25) is 10.0 Å². The summed E-state index contributed by atoms with van der Waals surface area (Å²) in [6, 6.07) is 13.7. The number of nitrogens with two attached hydrogens (primary N) is 1. The number of rotatable bonds is 14. The van der Waals surface area contributed by atoms with E-state index < -0.39 is 23.9 Å². The Kier molecular flexibility index (Phi) is 10.6. The summed E-state index contributed by atoms with van der Waals surface area (Å²) in [4.78, 5) is 43.8. The Labute approximate surface area is 261 Å². The highest BCUT2D eigenvalue weighted by Crippen LogP contribution is 2.34. The van der Waals surface area contributed by atoms with Gasteiger partial charge in [0, 0.05) is 23.7 Å². The standard InChI is InChI=1S/C29H29Cl2N7O6/c1-15-36-26(34-11-10-33-24(39)13-21(32)29(42)43)25(27(37-15)38-22-5-3-2-4-18(22)28(40)41)35-14-17-7-9-23(44-17)19-12-16(30)6-8-20(19)31/h2-9,12,21,35H,10-11,13-14,32H2,1H3,(H,33,39)(H,40,41)(H,42,43)(H2,34,36,37,38). The highest BCUT2D eigenvalue weighted by molar-refractivity contribution is 6.35. The zero-order valence-corrected chi connectivity index (χ0v) is 24.9. The molecule has 0 bridgehead atoms. The molecule has 4 aromatic rings. The minimum atomic E-state index is -1.30. The van der Waals surface area contributed by atoms with Gasteiger partial charge in [0.25, 0.3) is 0 Å². The average molecular weight is 643 g/mol. The number of aromatic carboxylic acids is 1. The maximum Gasteiger partial charge on any atom is 0.337 e. The Balaban J connectivity index is 1.57. The number of halogens is 2. The average Bonchev–Trinajstić information content (AvgIpc) is 3.45. The van der Waals surface area contributed by atoms with E-state index in [2.05, 4.69) is 31.2 Å². The molecule has 1 amide bonds. The maximum atomic E-state index is 12.0. The molecule has 0 saturated heterocycles. The smallest absolute Gasteiger partial charge is 0.337 e. The molecule has 0 aliphatic carbocycles. The SMILES string of the molecule is Cc1nc(NCCNC(=O)CC(N)C(=O)O)c(NCc2ccc(-c3cc(Cl)ccc3Cl)o2)c(Nc2ccccc2C(=O)O)n1. The molecule has 44 heavy (non-hydrogen) atoms. The summed E-state index contributed by atoms with van der Waals surface area (Å²) < 4.78 is 6.01. The fourth-order valence-corrected chi connectivity index (χ4v) is 4.47. The lowest BCUT2D eigenvalue weighted by molar-refractivity contribution is -0.140. The van der Waals surface area contributed by atoms with Gasteiger partial charge in [0.1, 0.15) is 29.1 Å². The van der Waals surface area contributed by atoms with Gasteiger partial charge in [-0.1, -0.05) is 35.3 Å². The summed E-state index contributed by atoms with van der Waals surface area (Å²) >= 11 is 12.5. The third kappa shape index (κ3) is 8.37. The van der Waals surface area contributed by atoms with Crippen LogP contribution in [0.4, 0.5) is 23.0 Å². The number of furan rings is 1. The zero-order valence-electron chi connectivity index (χ0n) is 23.4. The van der Waals surface area contributed by atoms with Crippen LogP contribution in [-0.4, -0.2) is 57.2 Å². The van der Waals surface area contributed by atoms with Gasteiger partial charge in [0.05, 0.1) is 29.2 Å². The van der Waals surface area contributed by atoms with Gasteiger partial charge < -0.3 is 41.6 Å². The second-order valence-corrected chi connectivity index (χ2v) is 10.3. The number of nitrogens with one attached hydrogen (secondary N) is 4. The second kappa shape index (κ2) is 14.6.